The predicted octanol–water partition coefficient (Wildman–Crippen LogP) is 5.26. The fourth-order valence-electron chi connectivity index (χ4n) is 4.58. The molecular weight excluding hydrogens is 455 g/mol. The molecule has 1 atom stereocenters. The number of nitrogens with zero attached hydrogens (tertiary/aromatic N) is 2. The van der Waals surface area contributed by atoms with Gasteiger partial charge in [-0.25, -0.2) is 0 Å². The highest BCUT2D eigenvalue weighted by molar-refractivity contribution is 6.31. The minimum absolute atomic E-state index is 0.114. The lowest BCUT2D eigenvalue weighted by Gasteiger charge is -2.33. The Labute approximate surface area is 195 Å². The number of amides is 2. The third-order valence-corrected chi connectivity index (χ3v) is 6.64. The number of rotatable bonds is 4. The van der Waals surface area contributed by atoms with E-state index >= 15 is 0 Å². The second-order valence-electron chi connectivity index (χ2n) is 8.53. The molecule has 2 aromatic carbocycles. The van der Waals surface area contributed by atoms with Gasteiger partial charge in [-0.1, -0.05) is 17.7 Å². The Balaban J connectivity index is 1.44. The number of anilines is 2. The number of piperidine rings is 1. The first-order valence-electron chi connectivity index (χ1n) is 10.9. The fourth-order valence-corrected chi connectivity index (χ4v) is 4.82. The molecule has 0 aromatic heterocycles. The predicted molar refractivity (Wildman–Crippen MR) is 121 cm³/mol. The standard InChI is InChI=1S/C24H25ClF3N3O2/c1-15(32)31-10-3-2-4-22(31)23(33)29-19-7-5-17(20(25)13-19)14-30-11-9-16-12-18(24(26,27)28)6-8-21(16)30/h5-8,12-13,22H,2-4,9-11,14H2,1H3,(H,29,33)/t22-/m1/s1. The van der Waals surface area contributed by atoms with Crippen molar-refractivity contribution in [1.82, 2.24) is 4.90 Å². The van der Waals surface area contributed by atoms with Crippen LogP contribution >= 0.6 is 11.6 Å². The SMILES string of the molecule is CC(=O)N1CCCC[C@@H]1C(=O)Nc1ccc(CN2CCc3cc(C(F)(F)F)ccc32)c(Cl)c1. The van der Waals surface area contributed by atoms with Gasteiger partial charge in [0, 0.05) is 43.0 Å². The number of carbonyl (C=O) groups is 2. The van der Waals surface area contributed by atoms with E-state index in [4.69, 9.17) is 11.6 Å². The van der Waals surface area contributed by atoms with Crippen molar-refractivity contribution >= 4 is 34.8 Å². The summed E-state index contributed by atoms with van der Waals surface area (Å²) in [5, 5.41) is 3.32. The van der Waals surface area contributed by atoms with Crippen molar-refractivity contribution in [2.45, 2.75) is 51.4 Å². The summed E-state index contributed by atoms with van der Waals surface area (Å²) in [6.07, 6.45) is -1.41. The molecule has 2 aliphatic rings. The van der Waals surface area contributed by atoms with Crippen molar-refractivity contribution in [1.29, 1.82) is 0 Å². The molecule has 0 saturated carbocycles. The van der Waals surface area contributed by atoms with E-state index in [-0.39, 0.29) is 11.8 Å². The molecule has 0 bridgehead atoms. The van der Waals surface area contributed by atoms with Crippen LogP contribution in [0.5, 0.6) is 0 Å². The molecule has 1 N–H and O–H groups in total. The topological polar surface area (TPSA) is 52.7 Å². The van der Waals surface area contributed by atoms with Gasteiger partial charge in [-0.2, -0.15) is 13.2 Å². The molecule has 1 fully saturated rings. The van der Waals surface area contributed by atoms with Crippen LogP contribution in [0.2, 0.25) is 5.02 Å². The van der Waals surface area contributed by atoms with Crippen LogP contribution in [0.3, 0.4) is 0 Å². The van der Waals surface area contributed by atoms with Gasteiger partial charge in [0.2, 0.25) is 11.8 Å². The van der Waals surface area contributed by atoms with Crippen molar-refractivity contribution in [2.24, 2.45) is 0 Å². The second kappa shape index (κ2) is 9.25. The van der Waals surface area contributed by atoms with Crippen molar-refractivity contribution < 1.29 is 22.8 Å². The lowest BCUT2D eigenvalue weighted by molar-refractivity contribution is -0.138. The summed E-state index contributed by atoms with van der Waals surface area (Å²) in [5.41, 5.74) is 2.16. The minimum atomic E-state index is -4.36. The van der Waals surface area contributed by atoms with Crippen LogP contribution < -0.4 is 10.2 Å². The van der Waals surface area contributed by atoms with Gasteiger partial charge in [-0.3, -0.25) is 9.59 Å². The Morgan fingerprint density at radius 3 is 2.61 bits per heavy atom. The van der Waals surface area contributed by atoms with E-state index in [9.17, 15) is 22.8 Å². The summed E-state index contributed by atoms with van der Waals surface area (Å²) in [7, 11) is 0. The van der Waals surface area contributed by atoms with Crippen molar-refractivity contribution in [2.75, 3.05) is 23.3 Å². The monoisotopic (exact) mass is 479 g/mol. The number of hydrogen-bond acceptors (Lipinski definition) is 3. The number of fused-ring (bicyclic) bond motifs is 1. The first-order valence-corrected chi connectivity index (χ1v) is 11.3. The highest BCUT2D eigenvalue weighted by atomic mass is 35.5. The van der Waals surface area contributed by atoms with E-state index in [2.05, 4.69) is 5.32 Å². The smallest absolute Gasteiger partial charge is 0.367 e. The summed E-state index contributed by atoms with van der Waals surface area (Å²) in [5.74, 6) is -0.348. The first kappa shape index (κ1) is 23.4. The van der Waals surface area contributed by atoms with E-state index < -0.39 is 17.8 Å². The van der Waals surface area contributed by atoms with Crippen LogP contribution in [0.4, 0.5) is 24.5 Å². The number of nitrogens with one attached hydrogen (secondary N) is 1. The van der Waals surface area contributed by atoms with Gasteiger partial charge in [-0.15, -0.1) is 0 Å². The Morgan fingerprint density at radius 2 is 1.91 bits per heavy atom. The Morgan fingerprint density at radius 1 is 1.12 bits per heavy atom. The van der Waals surface area contributed by atoms with Crippen LogP contribution in [0.15, 0.2) is 36.4 Å². The molecule has 0 unspecified atom stereocenters. The normalized spacial score (nSPS) is 18.3. The van der Waals surface area contributed by atoms with E-state index in [0.29, 0.717) is 48.7 Å². The average molecular weight is 480 g/mol. The van der Waals surface area contributed by atoms with Crippen LogP contribution in [0.1, 0.15) is 42.9 Å². The van der Waals surface area contributed by atoms with Gasteiger partial charge in [-0.05, 0) is 67.1 Å². The number of likely N-dealkylation sites (tertiary alicyclic amines) is 1. The van der Waals surface area contributed by atoms with Gasteiger partial charge in [0.15, 0.2) is 0 Å². The molecule has 2 amide bonds. The molecule has 1 saturated heterocycles. The summed E-state index contributed by atoms with van der Waals surface area (Å²) < 4.78 is 38.9. The molecule has 33 heavy (non-hydrogen) atoms. The van der Waals surface area contributed by atoms with Crippen molar-refractivity contribution in [3.8, 4) is 0 Å². The molecular formula is C24H25ClF3N3O2. The van der Waals surface area contributed by atoms with E-state index in [1.165, 1.54) is 19.1 Å². The van der Waals surface area contributed by atoms with Gasteiger partial charge < -0.3 is 15.1 Å². The molecule has 0 radical (unpaired) electrons. The summed E-state index contributed by atoms with van der Waals surface area (Å²) in [4.78, 5) is 28.2. The zero-order valence-corrected chi connectivity index (χ0v) is 19.0. The maximum atomic E-state index is 13.0. The summed E-state index contributed by atoms with van der Waals surface area (Å²) >= 11 is 6.48. The highest BCUT2D eigenvalue weighted by Crippen LogP contribution is 2.37. The number of alkyl halides is 3. The van der Waals surface area contributed by atoms with Gasteiger partial charge in [0.25, 0.3) is 0 Å². The zero-order valence-electron chi connectivity index (χ0n) is 18.2. The molecule has 9 heteroatoms. The lowest BCUT2D eigenvalue weighted by Crippen LogP contribution is -2.49. The van der Waals surface area contributed by atoms with Crippen molar-refractivity contribution in [3.63, 3.8) is 0 Å². The second-order valence-corrected chi connectivity index (χ2v) is 8.94. The maximum absolute atomic E-state index is 13.0. The molecule has 176 valence electrons. The van der Waals surface area contributed by atoms with E-state index in [1.807, 2.05) is 11.0 Å². The molecule has 0 aliphatic carbocycles. The maximum Gasteiger partial charge on any atom is 0.416 e. The molecule has 4 rings (SSSR count). The largest absolute Gasteiger partial charge is 0.416 e. The minimum Gasteiger partial charge on any atom is -0.367 e. The fraction of sp³-hybridized carbons (Fsp3) is 0.417. The number of benzene rings is 2. The molecule has 2 aliphatic heterocycles. The quantitative estimate of drug-likeness (QED) is 0.650. The average Bonchev–Trinajstić information content (AvgIpc) is 3.17. The van der Waals surface area contributed by atoms with E-state index in [1.54, 1.807) is 17.0 Å². The van der Waals surface area contributed by atoms with Crippen LogP contribution in [-0.2, 0) is 28.7 Å². The number of carbonyl (C=O) groups excluding carboxylic acids is 2. The lowest BCUT2D eigenvalue weighted by atomic mass is 10.0. The Kier molecular flexibility index (Phi) is 6.56. The number of halogens is 4. The Hall–Kier alpha value is -2.74. The third kappa shape index (κ3) is 5.11. The molecule has 5 nitrogen and oxygen atoms in total. The van der Waals surface area contributed by atoms with Gasteiger partial charge >= 0.3 is 6.18 Å². The van der Waals surface area contributed by atoms with Gasteiger partial charge in [0.1, 0.15) is 6.04 Å². The van der Waals surface area contributed by atoms with Crippen LogP contribution in [-0.4, -0.2) is 35.8 Å². The first-order chi connectivity index (χ1) is 15.6. The summed E-state index contributed by atoms with van der Waals surface area (Å²) in [6, 6.07) is 8.57. The third-order valence-electron chi connectivity index (χ3n) is 6.29. The highest BCUT2D eigenvalue weighted by Gasteiger charge is 2.33. The summed E-state index contributed by atoms with van der Waals surface area (Å²) in [6.45, 7) is 3.10. The molecule has 2 aromatic rings. The Bertz CT molecular complexity index is 1070. The molecule has 0 spiro atoms. The number of hydrogen-bond donors (Lipinski definition) is 1. The van der Waals surface area contributed by atoms with Crippen molar-refractivity contribution in [3.05, 3.63) is 58.1 Å². The van der Waals surface area contributed by atoms with Crippen LogP contribution in [0, 0.1) is 0 Å². The van der Waals surface area contributed by atoms with E-state index in [0.717, 1.165) is 30.2 Å². The molecule has 2 heterocycles. The zero-order chi connectivity index (χ0) is 23.8. The van der Waals surface area contributed by atoms with Gasteiger partial charge in [0.05, 0.1) is 5.56 Å². The van der Waals surface area contributed by atoms with Crippen LogP contribution in [0.25, 0.3) is 0 Å².